The molecule has 1 heterocycles. The third kappa shape index (κ3) is 5.70. The summed E-state index contributed by atoms with van der Waals surface area (Å²) in [5, 5.41) is 12.0. The molecule has 0 saturated carbocycles. The Hall–Kier alpha value is -2.99. The second-order valence-electron chi connectivity index (χ2n) is 7.54. The molecule has 0 unspecified atom stereocenters. The van der Waals surface area contributed by atoms with Crippen LogP contribution in [0.4, 0.5) is 5.69 Å². The molecule has 0 spiro atoms. The molecule has 3 aromatic rings. The Balaban J connectivity index is 1.53. The van der Waals surface area contributed by atoms with E-state index in [1.807, 2.05) is 0 Å². The van der Waals surface area contributed by atoms with Crippen LogP contribution in [0.2, 0.25) is 10.0 Å². The maximum absolute atomic E-state index is 13.2. The summed E-state index contributed by atoms with van der Waals surface area (Å²) >= 11 is 19.4. The van der Waals surface area contributed by atoms with Gasteiger partial charge in [-0.2, -0.15) is 0 Å². The Labute approximate surface area is 234 Å². The van der Waals surface area contributed by atoms with Gasteiger partial charge in [-0.05, 0) is 94.5 Å². The standard InChI is InChI=1S/C25H15Cl2IN2O5S/c26-18-7-6-16(11-19(18)27)30-23(32)17(22(31)29-25(30)36)9-14-3-8-21(20(28)10-14)35-12-13-1-4-15(5-2-13)24(33)34/h1-11H,12H2,(H,33,34)(H,29,31,36)/b17-9+. The van der Waals surface area contributed by atoms with Crippen LogP contribution in [0.5, 0.6) is 5.75 Å². The highest BCUT2D eigenvalue weighted by molar-refractivity contribution is 14.1. The van der Waals surface area contributed by atoms with E-state index >= 15 is 0 Å². The second-order valence-corrected chi connectivity index (χ2v) is 9.90. The number of halogens is 3. The average molecular weight is 653 g/mol. The van der Waals surface area contributed by atoms with Crippen molar-refractivity contribution in [2.75, 3.05) is 4.90 Å². The maximum atomic E-state index is 13.2. The lowest BCUT2D eigenvalue weighted by Gasteiger charge is -2.29. The van der Waals surface area contributed by atoms with Gasteiger partial charge >= 0.3 is 5.97 Å². The van der Waals surface area contributed by atoms with Crippen LogP contribution in [-0.4, -0.2) is 28.0 Å². The van der Waals surface area contributed by atoms with E-state index in [1.165, 1.54) is 35.2 Å². The molecule has 1 fully saturated rings. The molecule has 36 heavy (non-hydrogen) atoms. The lowest BCUT2D eigenvalue weighted by atomic mass is 10.1. The summed E-state index contributed by atoms with van der Waals surface area (Å²) in [6.07, 6.45) is 1.47. The Morgan fingerprint density at radius 2 is 1.78 bits per heavy atom. The van der Waals surface area contributed by atoms with E-state index in [1.54, 1.807) is 36.4 Å². The zero-order valence-corrected chi connectivity index (χ0v) is 22.6. The van der Waals surface area contributed by atoms with E-state index in [0.717, 1.165) is 9.13 Å². The number of benzene rings is 3. The van der Waals surface area contributed by atoms with E-state index in [-0.39, 0.29) is 27.9 Å². The van der Waals surface area contributed by atoms with Gasteiger partial charge in [-0.25, -0.2) is 4.79 Å². The molecule has 3 aromatic carbocycles. The van der Waals surface area contributed by atoms with Gasteiger partial charge in [0.25, 0.3) is 11.8 Å². The number of nitrogens with one attached hydrogen (secondary N) is 1. The van der Waals surface area contributed by atoms with Crippen molar-refractivity contribution < 1.29 is 24.2 Å². The summed E-state index contributed by atoms with van der Waals surface area (Å²) in [6.45, 7) is 0.243. The lowest BCUT2D eigenvalue weighted by molar-refractivity contribution is -0.122. The number of aromatic carboxylic acids is 1. The van der Waals surface area contributed by atoms with Gasteiger partial charge in [-0.3, -0.25) is 19.8 Å². The molecule has 2 amide bonds. The number of carboxylic acid groups (broad SMARTS) is 1. The number of carboxylic acids is 1. The van der Waals surface area contributed by atoms with Crippen molar-refractivity contribution in [3.8, 4) is 5.75 Å². The highest BCUT2D eigenvalue weighted by atomic mass is 127. The summed E-state index contributed by atoms with van der Waals surface area (Å²) in [5.41, 5.74) is 1.89. The minimum atomic E-state index is -0.992. The van der Waals surface area contributed by atoms with E-state index in [2.05, 4.69) is 27.9 Å². The number of hydrogen-bond acceptors (Lipinski definition) is 5. The summed E-state index contributed by atoms with van der Waals surface area (Å²) in [4.78, 5) is 37.9. The van der Waals surface area contributed by atoms with E-state index in [4.69, 9.17) is 45.3 Å². The van der Waals surface area contributed by atoms with Gasteiger partial charge in [0.05, 0.1) is 24.9 Å². The Kier molecular flexibility index (Phi) is 7.94. The molecular formula is C25H15Cl2IN2O5S. The fourth-order valence-electron chi connectivity index (χ4n) is 3.31. The second kappa shape index (κ2) is 11.0. The Bertz CT molecular complexity index is 1440. The number of thiocarbonyl (C=S) groups is 1. The predicted molar refractivity (Wildman–Crippen MR) is 150 cm³/mol. The monoisotopic (exact) mass is 652 g/mol. The first-order chi connectivity index (χ1) is 17.1. The fraction of sp³-hybridized carbons (Fsp3) is 0.0400. The van der Waals surface area contributed by atoms with Crippen molar-refractivity contribution in [1.29, 1.82) is 0 Å². The van der Waals surface area contributed by atoms with Gasteiger partial charge in [0.15, 0.2) is 5.11 Å². The van der Waals surface area contributed by atoms with Gasteiger partial charge in [-0.1, -0.05) is 41.4 Å². The van der Waals surface area contributed by atoms with Crippen molar-refractivity contribution >= 4 is 92.7 Å². The molecule has 1 aliphatic heterocycles. The molecule has 0 aromatic heterocycles. The van der Waals surface area contributed by atoms with E-state index in [0.29, 0.717) is 22.0 Å². The normalized spacial score (nSPS) is 14.7. The summed E-state index contributed by atoms with van der Waals surface area (Å²) in [7, 11) is 0. The van der Waals surface area contributed by atoms with Gasteiger partial charge < -0.3 is 9.84 Å². The van der Waals surface area contributed by atoms with Gasteiger partial charge in [0.2, 0.25) is 0 Å². The SMILES string of the molecule is O=C1NC(=S)N(c2ccc(Cl)c(Cl)c2)C(=O)/C1=C/c1ccc(OCc2ccc(C(=O)O)cc2)c(I)c1. The zero-order chi connectivity index (χ0) is 26.0. The van der Waals surface area contributed by atoms with Crippen molar-refractivity contribution in [1.82, 2.24) is 5.32 Å². The number of anilines is 1. The minimum absolute atomic E-state index is 0.0599. The lowest BCUT2D eigenvalue weighted by Crippen LogP contribution is -2.54. The van der Waals surface area contributed by atoms with Crippen LogP contribution in [0.15, 0.2) is 66.2 Å². The fourth-order valence-corrected chi connectivity index (χ4v) is 4.58. The van der Waals surface area contributed by atoms with Crippen LogP contribution in [0.25, 0.3) is 6.08 Å². The first kappa shape index (κ1) is 26.1. The Morgan fingerprint density at radius 3 is 2.42 bits per heavy atom. The number of nitrogens with zero attached hydrogens (tertiary/aromatic N) is 1. The van der Waals surface area contributed by atoms with E-state index in [9.17, 15) is 14.4 Å². The molecule has 182 valence electrons. The van der Waals surface area contributed by atoms with E-state index < -0.39 is 17.8 Å². The summed E-state index contributed by atoms with van der Waals surface area (Å²) < 4.78 is 6.60. The molecule has 11 heteroatoms. The third-order valence-electron chi connectivity index (χ3n) is 5.13. The van der Waals surface area contributed by atoms with Gasteiger partial charge in [0, 0.05) is 0 Å². The van der Waals surface area contributed by atoms with Crippen molar-refractivity contribution in [3.05, 3.63) is 96.5 Å². The number of ether oxygens (including phenoxy) is 1. The summed E-state index contributed by atoms with van der Waals surface area (Å²) in [6, 6.07) is 16.2. The van der Waals surface area contributed by atoms with Crippen molar-refractivity contribution in [3.63, 3.8) is 0 Å². The summed E-state index contributed by atoms with van der Waals surface area (Å²) in [5.74, 6) is -1.60. The zero-order valence-electron chi connectivity index (χ0n) is 18.1. The first-order valence-electron chi connectivity index (χ1n) is 10.2. The van der Waals surface area contributed by atoms with Crippen LogP contribution < -0.4 is 15.0 Å². The van der Waals surface area contributed by atoms with Gasteiger partial charge in [0.1, 0.15) is 17.9 Å². The molecular weight excluding hydrogens is 638 g/mol. The molecule has 2 N–H and O–H groups in total. The predicted octanol–water partition coefficient (Wildman–Crippen LogP) is 5.71. The molecule has 1 saturated heterocycles. The van der Waals surface area contributed by atoms with Crippen LogP contribution in [-0.2, 0) is 16.2 Å². The highest BCUT2D eigenvalue weighted by Crippen LogP contribution is 2.30. The highest BCUT2D eigenvalue weighted by Gasteiger charge is 2.34. The quantitative estimate of drug-likeness (QED) is 0.153. The molecule has 1 aliphatic rings. The number of hydrogen-bond donors (Lipinski definition) is 2. The first-order valence-corrected chi connectivity index (χ1v) is 12.5. The third-order valence-corrected chi connectivity index (χ3v) is 6.99. The molecule has 0 atom stereocenters. The Morgan fingerprint density at radius 1 is 1.06 bits per heavy atom. The molecule has 0 radical (unpaired) electrons. The van der Waals surface area contributed by atoms with Crippen LogP contribution in [0.3, 0.4) is 0 Å². The molecule has 4 rings (SSSR count). The minimum Gasteiger partial charge on any atom is -0.488 e. The number of carbonyl (C=O) groups excluding carboxylic acids is 2. The average Bonchev–Trinajstić information content (AvgIpc) is 2.83. The van der Waals surface area contributed by atoms with Crippen LogP contribution in [0.1, 0.15) is 21.5 Å². The van der Waals surface area contributed by atoms with Crippen molar-refractivity contribution in [2.45, 2.75) is 6.61 Å². The smallest absolute Gasteiger partial charge is 0.335 e. The van der Waals surface area contributed by atoms with Gasteiger partial charge in [-0.15, -0.1) is 0 Å². The van der Waals surface area contributed by atoms with Crippen LogP contribution >= 0.6 is 58.0 Å². The number of amides is 2. The van der Waals surface area contributed by atoms with Crippen LogP contribution in [0, 0.1) is 3.57 Å². The molecule has 0 aliphatic carbocycles. The molecule has 0 bridgehead atoms. The largest absolute Gasteiger partial charge is 0.488 e. The number of rotatable bonds is 6. The molecule has 7 nitrogen and oxygen atoms in total. The maximum Gasteiger partial charge on any atom is 0.335 e. The topological polar surface area (TPSA) is 95.9 Å². The number of carbonyl (C=O) groups is 3. The van der Waals surface area contributed by atoms with Crippen molar-refractivity contribution in [2.24, 2.45) is 0 Å².